The molecule has 0 unspecified atom stereocenters. The summed E-state index contributed by atoms with van der Waals surface area (Å²) in [6, 6.07) is 13.8. The van der Waals surface area contributed by atoms with Crippen molar-refractivity contribution in [2.75, 3.05) is 0 Å². The quantitative estimate of drug-likeness (QED) is 0.668. The smallest absolute Gasteiger partial charge is 0.187 e. The minimum Gasteiger partial charge on any atom is -0.375 e. The number of hydrogen-bond acceptors (Lipinski definition) is 2. The van der Waals surface area contributed by atoms with Crippen molar-refractivity contribution >= 4 is 11.5 Å². The molecule has 2 aromatic rings. The van der Waals surface area contributed by atoms with Crippen LogP contribution in [-0.4, -0.2) is 5.78 Å². The predicted octanol–water partition coefficient (Wildman–Crippen LogP) is 3.89. The molecule has 0 bridgehead atoms. The summed E-state index contributed by atoms with van der Waals surface area (Å²) in [5, 5.41) is 3.30. The number of carbonyl (C=O) groups is 1. The van der Waals surface area contributed by atoms with Gasteiger partial charge in [0.1, 0.15) is 5.82 Å². The van der Waals surface area contributed by atoms with Crippen molar-refractivity contribution in [2.24, 2.45) is 0 Å². The summed E-state index contributed by atoms with van der Waals surface area (Å²) < 4.78 is 13.4. The molecule has 0 amide bonds. The zero-order chi connectivity index (χ0) is 15.0. The molecule has 0 saturated carbocycles. The Balaban J connectivity index is 2.02. The first-order valence-electron chi connectivity index (χ1n) is 6.87. The molecule has 0 aromatic heterocycles. The molecule has 21 heavy (non-hydrogen) atoms. The Hall–Kier alpha value is -2.42. The maximum atomic E-state index is 13.4. The lowest BCUT2D eigenvalue weighted by Crippen LogP contribution is -2.28. The third kappa shape index (κ3) is 2.47. The fourth-order valence-corrected chi connectivity index (χ4v) is 2.67. The number of rotatable bonds is 2. The maximum Gasteiger partial charge on any atom is 0.187 e. The van der Waals surface area contributed by atoms with Crippen LogP contribution >= 0.6 is 0 Å². The molecule has 0 fully saturated rings. The average Bonchev–Trinajstić information content (AvgIpc) is 2.70. The van der Waals surface area contributed by atoms with Gasteiger partial charge in [-0.2, -0.15) is 0 Å². The molecule has 1 aliphatic rings. The average molecular weight is 281 g/mol. The lowest BCUT2D eigenvalue weighted by molar-refractivity contribution is 0.104. The van der Waals surface area contributed by atoms with E-state index in [2.05, 4.69) is 5.32 Å². The van der Waals surface area contributed by atoms with Gasteiger partial charge in [0.15, 0.2) is 5.78 Å². The van der Waals surface area contributed by atoms with Crippen molar-refractivity contribution in [3.8, 4) is 0 Å². The van der Waals surface area contributed by atoms with Crippen LogP contribution in [0.5, 0.6) is 0 Å². The van der Waals surface area contributed by atoms with Crippen molar-refractivity contribution in [2.45, 2.75) is 19.4 Å². The van der Waals surface area contributed by atoms with Gasteiger partial charge in [-0.1, -0.05) is 30.3 Å². The number of benzene rings is 2. The Morgan fingerprint density at radius 3 is 2.57 bits per heavy atom. The topological polar surface area (TPSA) is 29.1 Å². The molecule has 3 rings (SSSR count). The van der Waals surface area contributed by atoms with Crippen LogP contribution in [0.25, 0.3) is 5.70 Å². The van der Waals surface area contributed by atoms with E-state index in [9.17, 15) is 9.18 Å². The Labute approximate surface area is 123 Å². The van der Waals surface area contributed by atoms with Gasteiger partial charge in [-0.05, 0) is 37.6 Å². The van der Waals surface area contributed by atoms with Gasteiger partial charge in [0.25, 0.3) is 0 Å². The molecule has 3 heteroatoms. The van der Waals surface area contributed by atoms with E-state index in [1.807, 2.05) is 32.0 Å². The summed E-state index contributed by atoms with van der Waals surface area (Å²) in [7, 11) is 0. The van der Waals surface area contributed by atoms with Crippen molar-refractivity contribution in [3.63, 3.8) is 0 Å². The Morgan fingerprint density at radius 1 is 1.14 bits per heavy atom. The fraction of sp³-hybridized carbons (Fsp3) is 0.167. The Bertz CT molecular complexity index is 732. The van der Waals surface area contributed by atoms with E-state index in [1.54, 1.807) is 24.3 Å². The predicted molar refractivity (Wildman–Crippen MR) is 81.3 cm³/mol. The third-order valence-electron chi connectivity index (χ3n) is 3.73. The maximum absolute atomic E-state index is 13.4. The molecule has 0 atom stereocenters. The van der Waals surface area contributed by atoms with Gasteiger partial charge >= 0.3 is 0 Å². The number of allylic oxidation sites excluding steroid dienone is 1. The molecule has 2 aromatic carbocycles. The number of nitrogens with one attached hydrogen (secondary N) is 1. The highest BCUT2D eigenvalue weighted by molar-refractivity contribution is 6.08. The molecule has 0 aliphatic carbocycles. The summed E-state index contributed by atoms with van der Waals surface area (Å²) in [4.78, 5) is 12.3. The first kappa shape index (κ1) is 13.6. The molecular weight excluding hydrogens is 265 g/mol. The van der Waals surface area contributed by atoms with Crippen molar-refractivity contribution in [1.82, 2.24) is 5.32 Å². The van der Waals surface area contributed by atoms with Gasteiger partial charge in [0, 0.05) is 22.9 Å². The SMILES string of the molecule is CC1(C)N/C(=C\C(=O)c2ccccc2)c2ccc(F)cc21. The molecule has 2 nitrogen and oxygen atoms in total. The van der Waals surface area contributed by atoms with Crippen LogP contribution in [0.15, 0.2) is 54.6 Å². The Morgan fingerprint density at radius 2 is 1.86 bits per heavy atom. The summed E-state index contributed by atoms with van der Waals surface area (Å²) in [6.45, 7) is 3.94. The van der Waals surface area contributed by atoms with E-state index >= 15 is 0 Å². The highest BCUT2D eigenvalue weighted by atomic mass is 19.1. The zero-order valence-electron chi connectivity index (χ0n) is 12.0. The van der Waals surface area contributed by atoms with Crippen LogP contribution in [0.2, 0.25) is 0 Å². The minimum atomic E-state index is -0.389. The molecule has 0 radical (unpaired) electrons. The van der Waals surface area contributed by atoms with Crippen LogP contribution in [0.4, 0.5) is 4.39 Å². The fourth-order valence-electron chi connectivity index (χ4n) is 2.67. The highest BCUT2D eigenvalue weighted by Gasteiger charge is 2.33. The van der Waals surface area contributed by atoms with Gasteiger partial charge in [-0.15, -0.1) is 0 Å². The Kier molecular flexibility index (Phi) is 3.13. The lowest BCUT2D eigenvalue weighted by Gasteiger charge is -2.20. The molecule has 1 heterocycles. The van der Waals surface area contributed by atoms with E-state index in [-0.39, 0.29) is 17.1 Å². The van der Waals surface area contributed by atoms with E-state index in [0.29, 0.717) is 5.56 Å². The lowest BCUT2D eigenvalue weighted by atomic mass is 9.94. The number of halogens is 1. The zero-order valence-corrected chi connectivity index (χ0v) is 12.0. The van der Waals surface area contributed by atoms with Gasteiger partial charge in [-0.3, -0.25) is 4.79 Å². The van der Waals surface area contributed by atoms with Crippen LogP contribution in [0, 0.1) is 5.82 Å². The molecule has 106 valence electrons. The van der Waals surface area contributed by atoms with E-state index in [1.165, 1.54) is 12.1 Å². The molecule has 0 spiro atoms. The van der Waals surface area contributed by atoms with Crippen molar-refractivity contribution in [1.29, 1.82) is 0 Å². The van der Waals surface area contributed by atoms with Crippen LogP contribution < -0.4 is 5.32 Å². The van der Waals surface area contributed by atoms with Gasteiger partial charge in [-0.25, -0.2) is 4.39 Å². The van der Waals surface area contributed by atoms with Crippen LogP contribution in [0.3, 0.4) is 0 Å². The molecule has 1 N–H and O–H groups in total. The second kappa shape index (κ2) is 4.85. The standard InChI is InChI=1S/C18H16FNO/c1-18(2)15-10-13(19)8-9-14(15)16(20-18)11-17(21)12-6-4-3-5-7-12/h3-11,20H,1-2H3/b16-11-. The van der Waals surface area contributed by atoms with Crippen molar-refractivity contribution in [3.05, 3.63) is 77.1 Å². The van der Waals surface area contributed by atoms with Gasteiger partial charge < -0.3 is 5.32 Å². The number of ketones is 1. The van der Waals surface area contributed by atoms with Crippen LogP contribution in [0.1, 0.15) is 35.3 Å². The second-order valence-electron chi connectivity index (χ2n) is 5.73. The summed E-state index contributed by atoms with van der Waals surface area (Å²) in [5.74, 6) is -0.328. The number of fused-ring (bicyclic) bond motifs is 1. The third-order valence-corrected chi connectivity index (χ3v) is 3.73. The summed E-state index contributed by atoms with van der Waals surface area (Å²) >= 11 is 0. The van der Waals surface area contributed by atoms with E-state index < -0.39 is 0 Å². The monoisotopic (exact) mass is 281 g/mol. The molecular formula is C18H16FNO. The van der Waals surface area contributed by atoms with Gasteiger partial charge in [0.05, 0.1) is 5.54 Å². The first-order chi connectivity index (χ1) is 9.97. The summed E-state index contributed by atoms with van der Waals surface area (Å²) in [6.07, 6.45) is 1.58. The first-order valence-corrected chi connectivity index (χ1v) is 6.87. The van der Waals surface area contributed by atoms with Crippen LogP contribution in [-0.2, 0) is 5.54 Å². The number of carbonyl (C=O) groups excluding carboxylic acids is 1. The normalized spacial score (nSPS) is 17.4. The van der Waals surface area contributed by atoms with Gasteiger partial charge in [0.2, 0.25) is 0 Å². The highest BCUT2D eigenvalue weighted by Crippen LogP contribution is 2.37. The second-order valence-corrected chi connectivity index (χ2v) is 5.73. The number of hydrogen-bond donors (Lipinski definition) is 1. The largest absolute Gasteiger partial charge is 0.375 e. The van der Waals surface area contributed by atoms with E-state index in [4.69, 9.17) is 0 Å². The molecule has 1 aliphatic heterocycles. The molecule has 0 saturated heterocycles. The van der Waals surface area contributed by atoms with Crippen molar-refractivity contribution < 1.29 is 9.18 Å². The minimum absolute atomic E-state index is 0.0638. The van der Waals surface area contributed by atoms with E-state index in [0.717, 1.165) is 16.8 Å². The summed E-state index contributed by atoms with van der Waals surface area (Å²) in [5.41, 5.74) is 2.74.